The van der Waals surface area contributed by atoms with Crippen LogP contribution in [0.3, 0.4) is 0 Å². The zero-order valence-corrected chi connectivity index (χ0v) is 20.5. The summed E-state index contributed by atoms with van der Waals surface area (Å²) >= 11 is 16.0. The van der Waals surface area contributed by atoms with E-state index in [2.05, 4.69) is 21.2 Å². The van der Waals surface area contributed by atoms with E-state index in [1.807, 2.05) is 42.5 Å². The number of nitrogens with one attached hydrogen (secondary N) is 1. The molecule has 4 amide bonds. The molecular formula is C25H17BrCl2N2O3. The molecule has 1 fully saturated rings. The molecule has 0 unspecified atom stereocenters. The highest BCUT2D eigenvalue weighted by Gasteiger charge is 2.37. The van der Waals surface area contributed by atoms with Gasteiger partial charge in [-0.05, 0) is 72.0 Å². The summed E-state index contributed by atoms with van der Waals surface area (Å²) in [6, 6.07) is 17.1. The van der Waals surface area contributed by atoms with Crippen molar-refractivity contribution >= 4 is 68.7 Å². The minimum absolute atomic E-state index is 0.160. The second-order valence-electron chi connectivity index (χ2n) is 7.45. The van der Waals surface area contributed by atoms with Crippen molar-refractivity contribution in [1.29, 1.82) is 0 Å². The fraction of sp³-hybridized carbons (Fsp3) is 0.0800. The van der Waals surface area contributed by atoms with Crippen molar-refractivity contribution in [2.24, 2.45) is 0 Å². The van der Waals surface area contributed by atoms with Crippen LogP contribution in [-0.4, -0.2) is 17.8 Å². The number of hydrogen-bond acceptors (Lipinski definition) is 3. The number of hydrogen-bond donors (Lipinski definition) is 1. The molecule has 0 saturated carbocycles. The van der Waals surface area contributed by atoms with Crippen LogP contribution in [0.1, 0.15) is 22.3 Å². The number of barbiturate groups is 1. The van der Waals surface area contributed by atoms with E-state index < -0.39 is 17.8 Å². The largest absolute Gasteiger partial charge is 0.335 e. The van der Waals surface area contributed by atoms with Crippen molar-refractivity contribution in [2.45, 2.75) is 13.3 Å². The maximum Gasteiger partial charge on any atom is 0.335 e. The summed E-state index contributed by atoms with van der Waals surface area (Å²) in [7, 11) is 0. The van der Waals surface area contributed by atoms with Crippen molar-refractivity contribution < 1.29 is 14.4 Å². The first-order valence-corrected chi connectivity index (χ1v) is 11.5. The number of carbonyl (C=O) groups is 3. The molecule has 0 aliphatic carbocycles. The van der Waals surface area contributed by atoms with Gasteiger partial charge in [0.05, 0.1) is 5.69 Å². The molecule has 1 aliphatic rings. The summed E-state index contributed by atoms with van der Waals surface area (Å²) in [4.78, 5) is 39.5. The third kappa shape index (κ3) is 4.74. The molecule has 0 bridgehead atoms. The van der Waals surface area contributed by atoms with Crippen molar-refractivity contribution in [3.8, 4) is 0 Å². The molecule has 0 aromatic heterocycles. The highest BCUT2D eigenvalue weighted by atomic mass is 79.9. The predicted octanol–water partition coefficient (Wildman–Crippen LogP) is 6.32. The molecule has 1 N–H and O–H groups in total. The van der Waals surface area contributed by atoms with Crippen LogP contribution >= 0.6 is 39.1 Å². The molecule has 33 heavy (non-hydrogen) atoms. The lowest BCUT2D eigenvalue weighted by atomic mass is 9.97. The molecular weight excluding hydrogens is 527 g/mol. The van der Waals surface area contributed by atoms with E-state index in [1.165, 1.54) is 6.08 Å². The van der Waals surface area contributed by atoms with E-state index in [4.69, 9.17) is 23.2 Å². The normalized spacial score (nSPS) is 15.2. The summed E-state index contributed by atoms with van der Waals surface area (Å²) in [6.07, 6.45) is 1.99. The lowest BCUT2D eigenvalue weighted by Gasteiger charge is -2.28. The maximum absolute atomic E-state index is 13.3. The molecule has 166 valence electrons. The van der Waals surface area contributed by atoms with Crippen molar-refractivity contribution in [1.82, 2.24) is 5.32 Å². The van der Waals surface area contributed by atoms with Crippen LogP contribution in [0.2, 0.25) is 10.0 Å². The lowest BCUT2D eigenvalue weighted by molar-refractivity contribution is -0.122. The molecule has 1 saturated heterocycles. The van der Waals surface area contributed by atoms with E-state index >= 15 is 0 Å². The summed E-state index contributed by atoms with van der Waals surface area (Å²) in [6.45, 7) is 1.70. The molecule has 1 heterocycles. The fourth-order valence-electron chi connectivity index (χ4n) is 3.58. The smallest absolute Gasteiger partial charge is 0.273 e. The van der Waals surface area contributed by atoms with Crippen LogP contribution in [0.25, 0.3) is 6.08 Å². The van der Waals surface area contributed by atoms with Crippen LogP contribution in [-0.2, 0) is 16.0 Å². The summed E-state index contributed by atoms with van der Waals surface area (Å²) in [5.74, 6) is -1.48. The first kappa shape index (κ1) is 23.2. The Morgan fingerprint density at radius 2 is 1.67 bits per heavy atom. The second kappa shape index (κ2) is 9.51. The van der Waals surface area contributed by atoms with Gasteiger partial charge in [0.25, 0.3) is 11.8 Å². The molecule has 8 heteroatoms. The molecule has 3 aromatic rings. The monoisotopic (exact) mass is 542 g/mol. The van der Waals surface area contributed by atoms with Gasteiger partial charge in [-0.1, -0.05) is 69.5 Å². The van der Waals surface area contributed by atoms with Crippen LogP contribution in [0, 0.1) is 6.92 Å². The van der Waals surface area contributed by atoms with E-state index in [0.29, 0.717) is 33.3 Å². The van der Waals surface area contributed by atoms with Crippen LogP contribution in [0.15, 0.2) is 70.7 Å². The lowest BCUT2D eigenvalue weighted by Crippen LogP contribution is -2.54. The maximum atomic E-state index is 13.3. The zero-order chi connectivity index (χ0) is 23.7. The third-order valence-electron chi connectivity index (χ3n) is 5.33. The van der Waals surface area contributed by atoms with Gasteiger partial charge >= 0.3 is 6.03 Å². The standard InChI is InChI=1S/C25H17BrCl2N2O3/c1-14-20(27)7-4-8-22(14)30-24(32)19(23(31)29-25(30)33)13-17-12-18(26)10-9-15(17)11-16-5-2-3-6-21(16)28/h2-10,12-13H,11H2,1H3,(H,29,31,33)/b19-13+. The zero-order valence-electron chi connectivity index (χ0n) is 17.4. The molecule has 1 aliphatic heterocycles. The number of imide groups is 2. The number of nitrogens with zero attached hydrogens (tertiary/aromatic N) is 1. The number of anilines is 1. The van der Waals surface area contributed by atoms with Gasteiger partial charge in [-0.25, -0.2) is 9.69 Å². The molecule has 5 nitrogen and oxygen atoms in total. The third-order valence-corrected chi connectivity index (χ3v) is 6.60. The minimum atomic E-state index is -0.821. The van der Waals surface area contributed by atoms with Gasteiger partial charge < -0.3 is 0 Å². The van der Waals surface area contributed by atoms with Crippen molar-refractivity contribution in [3.63, 3.8) is 0 Å². The Hall–Kier alpha value is -2.93. The van der Waals surface area contributed by atoms with Crippen molar-refractivity contribution in [3.05, 3.63) is 103 Å². The quantitative estimate of drug-likeness (QED) is 0.309. The van der Waals surface area contributed by atoms with Crippen LogP contribution in [0.4, 0.5) is 10.5 Å². The van der Waals surface area contributed by atoms with Crippen LogP contribution in [0.5, 0.6) is 0 Å². The number of halogens is 3. The average Bonchev–Trinajstić information content (AvgIpc) is 2.77. The highest BCUT2D eigenvalue weighted by Crippen LogP contribution is 2.30. The highest BCUT2D eigenvalue weighted by molar-refractivity contribution is 9.10. The van der Waals surface area contributed by atoms with Gasteiger partial charge in [-0.2, -0.15) is 0 Å². The SMILES string of the molecule is Cc1c(Cl)cccc1N1C(=O)NC(=O)/C(=C\c2cc(Br)ccc2Cc2ccccc2Cl)C1=O. The number of benzene rings is 3. The Bertz CT molecular complexity index is 1340. The topological polar surface area (TPSA) is 66.5 Å². The van der Waals surface area contributed by atoms with Gasteiger partial charge in [-0.3, -0.25) is 14.9 Å². The van der Waals surface area contributed by atoms with Gasteiger partial charge in [0.15, 0.2) is 0 Å². The van der Waals surface area contributed by atoms with Gasteiger partial charge in [0, 0.05) is 14.5 Å². The fourth-order valence-corrected chi connectivity index (χ4v) is 4.33. The van der Waals surface area contributed by atoms with Gasteiger partial charge in [0.1, 0.15) is 5.57 Å². The van der Waals surface area contributed by atoms with E-state index in [9.17, 15) is 14.4 Å². The summed E-state index contributed by atoms with van der Waals surface area (Å²) < 4.78 is 0.777. The summed E-state index contributed by atoms with van der Waals surface area (Å²) in [5.41, 5.74) is 3.13. The number of urea groups is 1. The number of rotatable bonds is 4. The van der Waals surface area contributed by atoms with Crippen LogP contribution < -0.4 is 10.2 Å². The average molecular weight is 544 g/mol. The Morgan fingerprint density at radius 3 is 2.42 bits per heavy atom. The second-order valence-corrected chi connectivity index (χ2v) is 9.18. The Labute approximate surface area is 209 Å². The molecule has 0 spiro atoms. The molecule has 3 aromatic carbocycles. The first-order chi connectivity index (χ1) is 15.8. The van der Waals surface area contributed by atoms with E-state index in [0.717, 1.165) is 20.5 Å². The van der Waals surface area contributed by atoms with Gasteiger partial charge in [0.2, 0.25) is 0 Å². The Kier molecular flexibility index (Phi) is 6.70. The number of carbonyl (C=O) groups excluding carboxylic acids is 3. The van der Waals surface area contributed by atoms with Gasteiger partial charge in [-0.15, -0.1) is 0 Å². The first-order valence-electron chi connectivity index (χ1n) is 9.94. The molecule has 4 rings (SSSR count). The Morgan fingerprint density at radius 1 is 0.939 bits per heavy atom. The number of amides is 4. The predicted molar refractivity (Wildman–Crippen MR) is 134 cm³/mol. The molecule has 0 radical (unpaired) electrons. The van der Waals surface area contributed by atoms with E-state index in [1.54, 1.807) is 25.1 Å². The molecule has 0 atom stereocenters. The Balaban J connectivity index is 1.78. The minimum Gasteiger partial charge on any atom is -0.273 e. The van der Waals surface area contributed by atoms with Crippen molar-refractivity contribution in [2.75, 3.05) is 4.90 Å². The van der Waals surface area contributed by atoms with E-state index in [-0.39, 0.29) is 5.57 Å². The summed E-state index contributed by atoms with van der Waals surface area (Å²) in [5, 5.41) is 3.28.